The van der Waals surface area contributed by atoms with Crippen molar-refractivity contribution in [3.8, 4) is 0 Å². The molecule has 278 valence electrons. The molecule has 0 radical (unpaired) electrons. The maximum atomic E-state index is 12.5. The topological polar surface area (TPSA) is 134 Å². The smallest absolute Gasteiger partial charge is 0.462 e. The van der Waals surface area contributed by atoms with Gasteiger partial charge < -0.3 is 20.1 Å². The van der Waals surface area contributed by atoms with Gasteiger partial charge >= 0.3 is 19.8 Å². The molecule has 0 aromatic carbocycles. The van der Waals surface area contributed by atoms with Crippen LogP contribution in [0.4, 0.5) is 0 Å². The third-order valence-corrected chi connectivity index (χ3v) is 8.43. The number of phosphoric acid groups is 1. The number of hydrogen-bond acceptors (Lipinski definition) is 8. The third kappa shape index (κ3) is 33.9. The van der Waals surface area contributed by atoms with E-state index in [0.717, 1.165) is 89.9 Å². The van der Waals surface area contributed by atoms with Crippen molar-refractivity contribution in [2.45, 2.75) is 155 Å². The summed E-state index contributed by atoms with van der Waals surface area (Å²) in [5, 5.41) is 0. The molecule has 0 aliphatic carbocycles. The molecule has 0 fully saturated rings. The zero-order chi connectivity index (χ0) is 35.4. The van der Waals surface area contributed by atoms with Gasteiger partial charge in [-0.15, -0.1) is 0 Å². The normalized spacial score (nSPS) is 14.0. The summed E-state index contributed by atoms with van der Waals surface area (Å²) < 4.78 is 32.6. The summed E-state index contributed by atoms with van der Waals surface area (Å²) in [6, 6.07) is 0. The highest BCUT2D eigenvalue weighted by molar-refractivity contribution is 7.47. The molecule has 0 saturated heterocycles. The zero-order valence-corrected chi connectivity index (χ0v) is 31.1. The van der Waals surface area contributed by atoms with Crippen molar-refractivity contribution in [1.82, 2.24) is 0 Å². The minimum absolute atomic E-state index is 0.0478. The van der Waals surface area contributed by atoms with Crippen molar-refractivity contribution in [1.29, 1.82) is 0 Å². The number of esters is 2. The van der Waals surface area contributed by atoms with Gasteiger partial charge in [-0.05, 0) is 70.6 Å². The molecule has 0 aromatic heterocycles. The fourth-order valence-electron chi connectivity index (χ4n) is 4.70. The number of ether oxygens (including phenoxy) is 2. The second kappa shape index (κ2) is 34.8. The molecular weight excluding hydrogens is 629 g/mol. The summed E-state index contributed by atoms with van der Waals surface area (Å²) in [7, 11) is -4.38. The van der Waals surface area contributed by atoms with Crippen LogP contribution in [0.5, 0.6) is 0 Å². The van der Waals surface area contributed by atoms with Crippen LogP contribution in [0, 0.1) is 0 Å². The minimum atomic E-state index is -4.38. The molecule has 0 bridgehead atoms. The summed E-state index contributed by atoms with van der Waals surface area (Å²) in [5.41, 5.74) is 5.32. The van der Waals surface area contributed by atoms with Crippen molar-refractivity contribution >= 4 is 19.8 Å². The largest absolute Gasteiger partial charge is 0.472 e. The number of nitrogens with two attached hydrogens (primary N) is 1. The number of carbonyl (C=O) groups is 2. The quantitative estimate of drug-likeness (QED) is 0.0291. The van der Waals surface area contributed by atoms with Crippen LogP contribution in [0.2, 0.25) is 0 Å². The molecule has 9 nitrogen and oxygen atoms in total. The Morgan fingerprint density at radius 2 is 1.15 bits per heavy atom. The van der Waals surface area contributed by atoms with Crippen molar-refractivity contribution in [2.24, 2.45) is 5.73 Å². The Kier molecular flexibility index (Phi) is 33.3. The van der Waals surface area contributed by atoms with Gasteiger partial charge in [0.15, 0.2) is 6.10 Å². The summed E-state index contributed by atoms with van der Waals surface area (Å²) in [4.78, 5) is 34.7. The predicted octanol–water partition coefficient (Wildman–Crippen LogP) is 9.99. The Hall–Kier alpha value is -2.03. The van der Waals surface area contributed by atoms with Gasteiger partial charge in [-0.3, -0.25) is 18.6 Å². The third-order valence-electron chi connectivity index (χ3n) is 7.45. The van der Waals surface area contributed by atoms with Gasteiger partial charge in [-0.2, -0.15) is 0 Å². The summed E-state index contributed by atoms with van der Waals surface area (Å²) >= 11 is 0. The van der Waals surface area contributed by atoms with Crippen molar-refractivity contribution < 1.29 is 37.6 Å². The van der Waals surface area contributed by atoms with Crippen LogP contribution in [-0.4, -0.2) is 49.3 Å². The molecule has 3 N–H and O–H groups in total. The van der Waals surface area contributed by atoms with Gasteiger partial charge in [-0.1, -0.05) is 114 Å². The van der Waals surface area contributed by atoms with E-state index in [1.807, 2.05) is 0 Å². The lowest BCUT2D eigenvalue weighted by Gasteiger charge is -2.19. The molecule has 0 rings (SSSR count). The van der Waals surface area contributed by atoms with Crippen LogP contribution in [0.15, 0.2) is 48.6 Å². The first kappa shape index (κ1) is 46.0. The molecule has 48 heavy (non-hydrogen) atoms. The molecule has 0 amide bonds. The average Bonchev–Trinajstić information content (AvgIpc) is 3.07. The second-order valence-corrected chi connectivity index (χ2v) is 13.5. The molecule has 0 aromatic rings. The van der Waals surface area contributed by atoms with Crippen molar-refractivity contribution in [3.05, 3.63) is 48.6 Å². The van der Waals surface area contributed by atoms with Gasteiger partial charge in [0.25, 0.3) is 0 Å². The Balaban J connectivity index is 4.28. The van der Waals surface area contributed by atoms with E-state index in [1.54, 1.807) is 0 Å². The Morgan fingerprint density at radius 1 is 0.646 bits per heavy atom. The van der Waals surface area contributed by atoms with Crippen LogP contribution in [0.25, 0.3) is 0 Å². The van der Waals surface area contributed by atoms with Gasteiger partial charge in [0.1, 0.15) is 6.61 Å². The lowest BCUT2D eigenvalue weighted by Crippen LogP contribution is -2.29. The molecule has 0 spiro atoms. The molecule has 0 aliphatic heterocycles. The van der Waals surface area contributed by atoms with E-state index in [9.17, 15) is 19.0 Å². The van der Waals surface area contributed by atoms with Gasteiger partial charge in [0.05, 0.1) is 13.2 Å². The lowest BCUT2D eigenvalue weighted by molar-refractivity contribution is -0.161. The average molecular weight is 698 g/mol. The van der Waals surface area contributed by atoms with Crippen LogP contribution in [0.1, 0.15) is 149 Å². The van der Waals surface area contributed by atoms with E-state index >= 15 is 0 Å². The van der Waals surface area contributed by atoms with E-state index in [-0.39, 0.29) is 32.6 Å². The molecule has 0 heterocycles. The van der Waals surface area contributed by atoms with Gasteiger partial charge in [-0.25, -0.2) is 4.57 Å². The molecule has 0 saturated carbocycles. The fourth-order valence-corrected chi connectivity index (χ4v) is 5.47. The maximum Gasteiger partial charge on any atom is 0.472 e. The molecular formula is C38H68NO8P. The Labute approximate surface area is 292 Å². The van der Waals surface area contributed by atoms with Crippen molar-refractivity contribution in [3.63, 3.8) is 0 Å². The number of allylic oxidation sites excluding steroid dienone is 8. The van der Waals surface area contributed by atoms with E-state index in [0.29, 0.717) is 12.8 Å². The summed E-state index contributed by atoms with van der Waals surface area (Å²) in [6.45, 7) is 3.54. The maximum absolute atomic E-state index is 12.5. The summed E-state index contributed by atoms with van der Waals surface area (Å²) in [6.07, 6.45) is 37.1. The molecule has 10 heteroatoms. The minimum Gasteiger partial charge on any atom is -0.462 e. The standard InChI is InChI=1S/C38H68NO8P/c1-3-5-7-9-11-13-15-17-18-19-21-22-24-26-28-30-37(40)44-34-36(35-46-48(42,43)45-33-32-39)47-38(41)31-29-27-25-23-20-16-14-12-10-8-6-4-2/h5,7,11-14,17-18,36H,3-4,6,8-10,15-16,19-35,39H2,1-2H3,(H,42,43)/b7-5-,13-11-,14-12-,18-17-/t36-/m1/s1. The number of rotatable bonds is 34. The molecule has 0 aliphatic rings. The van der Waals surface area contributed by atoms with Crippen LogP contribution in [0.3, 0.4) is 0 Å². The first-order chi connectivity index (χ1) is 23.3. The highest BCUT2D eigenvalue weighted by Gasteiger charge is 2.25. The highest BCUT2D eigenvalue weighted by Crippen LogP contribution is 2.43. The monoisotopic (exact) mass is 697 g/mol. The van der Waals surface area contributed by atoms with Crippen LogP contribution >= 0.6 is 7.82 Å². The van der Waals surface area contributed by atoms with Crippen LogP contribution in [-0.2, 0) is 32.7 Å². The first-order valence-electron chi connectivity index (χ1n) is 18.6. The fraction of sp³-hybridized carbons (Fsp3) is 0.737. The number of hydrogen-bond donors (Lipinski definition) is 2. The number of phosphoric ester groups is 1. The highest BCUT2D eigenvalue weighted by atomic mass is 31.2. The Morgan fingerprint density at radius 3 is 1.73 bits per heavy atom. The Bertz CT molecular complexity index is 934. The second-order valence-electron chi connectivity index (χ2n) is 12.1. The molecule has 1 unspecified atom stereocenters. The molecule has 2 atom stereocenters. The lowest BCUT2D eigenvalue weighted by atomic mass is 10.1. The van der Waals surface area contributed by atoms with Gasteiger partial charge in [0.2, 0.25) is 0 Å². The number of carbonyl (C=O) groups excluding carboxylic acids is 2. The summed E-state index contributed by atoms with van der Waals surface area (Å²) in [5.74, 6) is -0.865. The van der Waals surface area contributed by atoms with E-state index < -0.39 is 32.5 Å². The van der Waals surface area contributed by atoms with Crippen molar-refractivity contribution in [2.75, 3.05) is 26.4 Å². The zero-order valence-electron chi connectivity index (χ0n) is 30.2. The first-order valence-corrected chi connectivity index (χ1v) is 20.1. The van der Waals surface area contributed by atoms with E-state index in [1.165, 1.54) is 19.3 Å². The van der Waals surface area contributed by atoms with Gasteiger partial charge in [0, 0.05) is 19.4 Å². The van der Waals surface area contributed by atoms with Crippen LogP contribution < -0.4 is 5.73 Å². The predicted molar refractivity (Wildman–Crippen MR) is 196 cm³/mol. The van der Waals surface area contributed by atoms with E-state index in [4.69, 9.17) is 24.3 Å². The SMILES string of the molecule is CC/C=C\C/C=C\C/C=C\CCCCCCCC(=O)OC[C@H](COP(=O)(O)OCCN)OC(=O)CCCCCCC/C=C\CCCCC. The number of unbranched alkanes of at least 4 members (excludes halogenated alkanes) is 13. The van der Waals surface area contributed by atoms with E-state index in [2.05, 4.69) is 62.5 Å².